The molecular weight excluding hydrogens is 396 g/mol. The highest BCUT2D eigenvalue weighted by Gasteiger charge is 2.19. The average Bonchev–Trinajstić information content (AvgIpc) is 3.37. The predicted molar refractivity (Wildman–Crippen MR) is 132 cm³/mol. The lowest BCUT2D eigenvalue weighted by atomic mass is 10.1. The van der Waals surface area contributed by atoms with Gasteiger partial charge in [-0.05, 0) is 112 Å². The van der Waals surface area contributed by atoms with Gasteiger partial charge in [0.25, 0.3) is 0 Å². The van der Waals surface area contributed by atoms with E-state index in [0.29, 0.717) is 0 Å². The summed E-state index contributed by atoms with van der Waals surface area (Å²) in [6.45, 7) is 16.8. The molecule has 2 aliphatic heterocycles. The van der Waals surface area contributed by atoms with Crippen LogP contribution in [-0.4, -0.2) is 29.9 Å². The number of hydrogen-bond acceptors (Lipinski definition) is 4. The van der Waals surface area contributed by atoms with Crippen LogP contribution in [-0.2, 0) is 0 Å². The van der Waals surface area contributed by atoms with Gasteiger partial charge in [-0.2, -0.15) is 0 Å². The molecule has 2 aliphatic rings. The van der Waals surface area contributed by atoms with Gasteiger partial charge in [0, 0.05) is 11.0 Å². The largest absolute Gasteiger partial charge is 0.340 e. The van der Waals surface area contributed by atoms with Crippen LogP contribution in [0.1, 0.15) is 73.0 Å². The fourth-order valence-corrected chi connectivity index (χ4v) is 4.17. The molecule has 2 N–H and O–H groups in total. The normalized spacial score (nSPS) is 14.0. The lowest BCUT2D eigenvalue weighted by Crippen LogP contribution is -1.90. The Labute approximate surface area is 187 Å². The quantitative estimate of drug-likeness (QED) is 0.447. The highest BCUT2D eigenvalue weighted by molar-refractivity contribution is 5.92. The molecule has 0 saturated carbocycles. The van der Waals surface area contributed by atoms with Crippen molar-refractivity contribution in [2.45, 2.75) is 55.4 Å². The minimum absolute atomic E-state index is 0.730. The van der Waals surface area contributed by atoms with Crippen molar-refractivity contribution >= 4 is 44.6 Å². The molecule has 3 aromatic heterocycles. The van der Waals surface area contributed by atoms with Crippen LogP contribution in [0.2, 0.25) is 0 Å². The maximum absolute atomic E-state index is 4.96. The second-order valence-corrected chi connectivity index (χ2v) is 8.93. The zero-order valence-corrected chi connectivity index (χ0v) is 19.9. The van der Waals surface area contributed by atoms with E-state index < -0.39 is 0 Å². The molecule has 5 rings (SSSR count). The van der Waals surface area contributed by atoms with Gasteiger partial charge in [-0.25, -0.2) is 19.9 Å². The van der Waals surface area contributed by atoms with E-state index in [2.05, 4.69) is 77.5 Å². The van der Waals surface area contributed by atoms with E-state index in [4.69, 9.17) is 19.9 Å². The minimum Gasteiger partial charge on any atom is -0.340 e. The van der Waals surface area contributed by atoms with Crippen molar-refractivity contribution < 1.29 is 0 Å². The van der Waals surface area contributed by atoms with Gasteiger partial charge in [-0.3, -0.25) is 0 Å². The van der Waals surface area contributed by atoms with Gasteiger partial charge in [0.15, 0.2) is 11.6 Å². The summed E-state index contributed by atoms with van der Waals surface area (Å²) < 4.78 is 0. The Balaban J connectivity index is 1.99. The number of H-pyrrole nitrogens is 2. The molecule has 0 amide bonds. The maximum atomic E-state index is 4.96. The predicted octanol–water partition coefficient (Wildman–Crippen LogP) is 6.24. The highest BCUT2D eigenvalue weighted by atomic mass is 15.0. The third-order valence-corrected chi connectivity index (χ3v) is 7.16. The number of nitrogens with zero attached hydrogens (tertiary/aromatic N) is 4. The van der Waals surface area contributed by atoms with Gasteiger partial charge in [0.1, 0.15) is 11.3 Å². The molecular formula is C26H28N6. The Bertz CT molecular complexity index is 1430. The number of aromatic nitrogens is 6. The van der Waals surface area contributed by atoms with Crippen LogP contribution in [0.25, 0.3) is 44.6 Å². The highest BCUT2D eigenvalue weighted by Crippen LogP contribution is 2.32. The summed E-state index contributed by atoms with van der Waals surface area (Å²) in [4.78, 5) is 26.6. The number of rotatable bonds is 0. The van der Waals surface area contributed by atoms with Crippen molar-refractivity contribution in [3.63, 3.8) is 0 Å². The topological polar surface area (TPSA) is 83.1 Å². The standard InChI is InChI=1S/C26H28N6/c1-11-15(5)23-27-19(11)9-20-12(2)16(6)25(28-20)32-26-18(8)14(4)22(30-26)10-21-13(3)17(7)24(29-21)31-23/h9-10H,1-8H3,(H2,27,29,31). The van der Waals surface area contributed by atoms with E-state index in [1.807, 2.05) is 0 Å². The Morgan fingerprint density at radius 3 is 1.28 bits per heavy atom. The lowest BCUT2D eigenvalue weighted by molar-refractivity contribution is 1.08. The number of nitrogens with one attached hydrogen (secondary N) is 2. The number of aryl methyl sites for hydroxylation is 4. The molecule has 0 spiro atoms. The lowest BCUT2D eigenvalue weighted by Gasteiger charge is -1.95. The summed E-state index contributed by atoms with van der Waals surface area (Å²) >= 11 is 0. The van der Waals surface area contributed by atoms with Crippen LogP contribution >= 0.6 is 0 Å². The number of fused-ring (bicyclic) bond motifs is 8. The second-order valence-electron chi connectivity index (χ2n) is 8.93. The van der Waals surface area contributed by atoms with E-state index in [1.54, 1.807) is 0 Å². The molecule has 8 bridgehead atoms. The van der Waals surface area contributed by atoms with Gasteiger partial charge in [-0.15, -0.1) is 0 Å². The molecule has 0 saturated heterocycles. The summed E-state index contributed by atoms with van der Waals surface area (Å²) in [5, 5.41) is 0. The third-order valence-electron chi connectivity index (χ3n) is 7.16. The van der Waals surface area contributed by atoms with Gasteiger partial charge in [-0.1, -0.05) is 0 Å². The fraction of sp³-hybridized carbons (Fsp3) is 0.308. The smallest absolute Gasteiger partial charge is 0.158 e. The first-order chi connectivity index (χ1) is 15.2. The first-order valence-electron chi connectivity index (χ1n) is 10.9. The maximum Gasteiger partial charge on any atom is 0.158 e. The van der Waals surface area contributed by atoms with Crippen molar-refractivity contribution in [1.29, 1.82) is 0 Å². The van der Waals surface area contributed by atoms with E-state index in [9.17, 15) is 0 Å². The zero-order valence-electron chi connectivity index (χ0n) is 19.9. The summed E-state index contributed by atoms with van der Waals surface area (Å²) in [6, 6.07) is 4.20. The van der Waals surface area contributed by atoms with Crippen molar-refractivity contribution in [3.05, 3.63) is 57.4 Å². The molecule has 0 fully saturated rings. The van der Waals surface area contributed by atoms with Crippen LogP contribution in [0.5, 0.6) is 0 Å². The summed E-state index contributed by atoms with van der Waals surface area (Å²) in [5.41, 5.74) is 14.7. The van der Waals surface area contributed by atoms with Crippen molar-refractivity contribution in [2.75, 3.05) is 0 Å². The Morgan fingerprint density at radius 1 is 0.469 bits per heavy atom. The number of hydrogen-bond donors (Lipinski definition) is 2. The monoisotopic (exact) mass is 424 g/mol. The second kappa shape index (κ2) is 6.99. The molecule has 6 heteroatoms. The minimum atomic E-state index is 0.730. The van der Waals surface area contributed by atoms with Crippen molar-refractivity contribution in [1.82, 2.24) is 29.9 Å². The van der Waals surface area contributed by atoms with Crippen molar-refractivity contribution in [3.8, 4) is 0 Å². The van der Waals surface area contributed by atoms with Gasteiger partial charge < -0.3 is 9.97 Å². The summed E-state index contributed by atoms with van der Waals surface area (Å²) in [6.07, 6.45) is 0. The molecule has 32 heavy (non-hydrogen) atoms. The summed E-state index contributed by atoms with van der Waals surface area (Å²) in [7, 11) is 0. The van der Waals surface area contributed by atoms with Crippen LogP contribution in [0.15, 0.2) is 12.1 Å². The van der Waals surface area contributed by atoms with Gasteiger partial charge in [0.2, 0.25) is 0 Å². The Kier molecular flexibility index (Phi) is 4.45. The van der Waals surface area contributed by atoms with Gasteiger partial charge >= 0.3 is 0 Å². The molecule has 6 nitrogen and oxygen atoms in total. The molecule has 5 heterocycles. The van der Waals surface area contributed by atoms with Crippen LogP contribution in [0.4, 0.5) is 0 Å². The molecule has 0 aromatic carbocycles. The Hall–Kier alpha value is -3.54. The average molecular weight is 425 g/mol. The van der Waals surface area contributed by atoms with Gasteiger partial charge in [0.05, 0.1) is 11.4 Å². The zero-order chi connectivity index (χ0) is 22.9. The fourth-order valence-electron chi connectivity index (χ4n) is 4.17. The first-order valence-corrected chi connectivity index (χ1v) is 10.9. The van der Waals surface area contributed by atoms with E-state index in [0.717, 1.165) is 78.8 Å². The number of allylic oxidation sites excluding steroid dienone is 4. The van der Waals surface area contributed by atoms with Crippen molar-refractivity contribution in [2.24, 2.45) is 0 Å². The third kappa shape index (κ3) is 2.93. The number of aromatic amines is 2. The molecule has 0 radical (unpaired) electrons. The summed E-state index contributed by atoms with van der Waals surface area (Å²) in [5.74, 6) is 1.46. The Morgan fingerprint density at radius 2 is 0.875 bits per heavy atom. The van der Waals surface area contributed by atoms with E-state index in [1.165, 1.54) is 11.1 Å². The van der Waals surface area contributed by atoms with Crippen LogP contribution < -0.4 is 0 Å². The molecule has 0 atom stereocenters. The van der Waals surface area contributed by atoms with E-state index in [-0.39, 0.29) is 0 Å². The molecule has 162 valence electrons. The van der Waals surface area contributed by atoms with Crippen LogP contribution in [0.3, 0.4) is 0 Å². The van der Waals surface area contributed by atoms with E-state index >= 15 is 0 Å². The first kappa shape index (κ1) is 20.4. The molecule has 3 aromatic rings. The molecule has 0 unspecified atom stereocenters. The SMILES string of the molecule is CC1=C(C)c2nc1cc1[nH]c(nc3[nH]c(cc4nc(n2)C(C)=C4C)c(C)c3C)c(C)c1C. The van der Waals surface area contributed by atoms with Crippen LogP contribution in [0, 0.1) is 27.7 Å². The molecule has 0 aliphatic carbocycles.